The molecule has 2 aromatic carbocycles. The average molecular weight is 543 g/mol. The second-order valence-electron chi connectivity index (χ2n) is 10.9. The van der Waals surface area contributed by atoms with E-state index in [0.717, 1.165) is 81.2 Å². The number of anilines is 1. The molecule has 3 aliphatic rings. The maximum absolute atomic E-state index is 14.9. The molecule has 1 aromatic heterocycles. The molecule has 2 atom stereocenters. The molecule has 9 heteroatoms. The number of likely N-dealkylation sites (tertiary alicyclic amines) is 2. The third-order valence-corrected chi connectivity index (χ3v) is 8.50. The summed E-state index contributed by atoms with van der Waals surface area (Å²) in [6.45, 7) is 5.21. The number of H-pyrrole nitrogens is 1. The van der Waals surface area contributed by atoms with Crippen molar-refractivity contribution in [3.63, 3.8) is 0 Å². The number of nitrogens with one attached hydrogen (secondary N) is 2. The first kappa shape index (κ1) is 25.6. The second kappa shape index (κ2) is 10.8. The van der Waals surface area contributed by atoms with Crippen LogP contribution < -0.4 is 5.32 Å². The number of ether oxygens (including phenoxy) is 1. The quantitative estimate of drug-likeness (QED) is 0.423. The number of rotatable bonds is 6. The summed E-state index contributed by atoms with van der Waals surface area (Å²) in [7, 11) is 0. The smallest absolute Gasteiger partial charge is 0.270 e. The molecule has 6 rings (SSSR count). The van der Waals surface area contributed by atoms with Crippen molar-refractivity contribution >= 4 is 34.1 Å². The molecule has 0 radical (unpaired) electrons. The van der Waals surface area contributed by atoms with Crippen LogP contribution in [0.15, 0.2) is 36.4 Å². The highest BCUT2D eigenvalue weighted by atomic mass is 35.5. The van der Waals surface area contributed by atoms with Gasteiger partial charge in [-0.15, -0.1) is 0 Å². The number of fused-ring (bicyclic) bond motifs is 1. The molecule has 1 amide bonds. The third-order valence-electron chi connectivity index (χ3n) is 8.29. The van der Waals surface area contributed by atoms with Crippen LogP contribution in [-0.2, 0) is 4.74 Å². The van der Waals surface area contributed by atoms with E-state index in [1.807, 2.05) is 23.1 Å². The average Bonchev–Trinajstić information content (AvgIpc) is 3.65. The van der Waals surface area contributed by atoms with E-state index in [9.17, 15) is 13.6 Å². The molecule has 38 heavy (non-hydrogen) atoms. The number of benzene rings is 2. The molecule has 0 saturated carbocycles. The number of aromatic nitrogens is 1. The van der Waals surface area contributed by atoms with E-state index in [2.05, 4.69) is 15.2 Å². The van der Waals surface area contributed by atoms with Gasteiger partial charge >= 0.3 is 0 Å². The summed E-state index contributed by atoms with van der Waals surface area (Å²) in [4.78, 5) is 21.3. The van der Waals surface area contributed by atoms with Gasteiger partial charge in [0.05, 0.1) is 11.2 Å². The zero-order valence-corrected chi connectivity index (χ0v) is 22.1. The Morgan fingerprint density at radius 2 is 1.87 bits per heavy atom. The van der Waals surface area contributed by atoms with Crippen LogP contribution in [0.3, 0.4) is 0 Å². The van der Waals surface area contributed by atoms with E-state index in [0.29, 0.717) is 29.4 Å². The predicted octanol–water partition coefficient (Wildman–Crippen LogP) is 5.64. The lowest BCUT2D eigenvalue weighted by Crippen LogP contribution is -2.32. The van der Waals surface area contributed by atoms with Crippen molar-refractivity contribution in [1.82, 2.24) is 14.8 Å². The van der Waals surface area contributed by atoms with Crippen molar-refractivity contribution < 1.29 is 18.3 Å². The second-order valence-corrected chi connectivity index (χ2v) is 11.3. The molecule has 3 saturated heterocycles. The molecular formula is C29H33ClF2N4O2. The van der Waals surface area contributed by atoms with E-state index in [1.165, 1.54) is 6.07 Å². The van der Waals surface area contributed by atoms with Gasteiger partial charge in [0.15, 0.2) is 0 Å². The number of carbonyl (C=O) groups is 1. The van der Waals surface area contributed by atoms with E-state index >= 15 is 0 Å². The van der Waals surface area contributed by atoms with Crippen LogP contribution >= 0.6 is 11.6 Å². The summed E-state index contributed by atoms with van der Waals surface area (Å²) in [5, 5.41) is 5.04. The van der Waals surface area contributed by atoms with Gasteiger partial charge in [-0.3, -0.25) is 4.79 Å². The van der Waals surface area contributed by atoms with Crippen molar-refractivity contribution in [2.24, 2.45) is 5.92 Å². The zero-order valence-electron chi connectivity index (χ0n) is 21.3. The van der Waals surface area contributed by atoms with Crippen LogP contribution in [0.4, 0.5) is 14.5 Å². The molecule has 4 heterocycles. The van der Waals surface area contributed by atoms with Gasteiger partial charge in [-0.05, 0) is 74.5 Å². The first-order chi connectivity index (χ1) is 18.4. The molecule has 0 spiro atoms. The van der Waals surface area contributed by atoms with Crippen molar-refractivity contribution in [3.8, 4) is 0 Å². The van der Waals surface area contributed by atoms with E-state index in [-0.39, 0.29) is 23.8 Å². The normalized spacial score (nSPS) is 23.0. The Morgan fingerprint density at radius 3 is 2.63 bits per heavy atom. The third kappa shape index (κ3) is 5.26. The summed E-state index contributed by atoms with van der Waals surface area (Å²) in [5.74, 6) is -1.37. The Kier molecular flexibility index (Phi) is 7.29. The largest absolute Gasteiger partial charge is 0.381 e. The Bertz CT molecular complexity index is 1320. The van der Waals surface area contributed by atoms with E-state index in [4.69, 9.17) is 16.3 Å². The highest BCUT2D eigenvalue weighted by Gasteiger charge is 2.39. The molecule has 3 fully saturated rings. The number of aromatic amines is 1. The lowest BCUT2D eigenvalue weighted by molar-refractivity contribution is 0.0778. The predicted molar refractivity (Wildman–Crippen MR) is 145 cm³/mol. The highest BCUT2D eigenvalue weighted by molar-refractivity contribution is 6.32. The maximum Gasteiger partial charge on any atom is 0.270 e. The fourth-order valence-electron chi connectivity index (χ4n) is 6.34. The van der Waals surface area contributed by atoms with Crippen molar-refractivity contribution in [1.29, 1.82) is 0 Å². The van der Waals surface area contributed by atoms with Crippen LogP contribution in [0, 0.1) is 17.6 Å². The number of halogens is 3. The number of nitrogens with zero attached hydrogens (tertiary/aromatic N) is 2. The van der Waals surface area contributed by atoms with Crippen LogP contribution in [-0.4, -0.2) is 72.7 Å². The van der Waals surface area contributed by atoms with Crippen LogP contribution in [0.5, 0.6) is 0 Å². The molecular weight excluding hydrogens is 510 g/mol. The minimum absolute atomic E-state index is 0.0709. The van der Waals surface area contributed by atoms with Crippen LogP contribution in [0.25, 0.3) is 10.9 Å². The number of carbonyl (C=O) groups excluding carboxylic acids is 1. The number of amides is 1. The first-order valence-electron chi connectivity index (χ1n) is 13.6. The van der Waals surface area contributed by atoms with Gasteiger partial charge in [0.2, 0.25) is 0 Å². The Hall–Kier alpha value is -2.68. The summed E-state index contributed by atoms with van der Waals surface area (Å²) >= 11 is 6.43. The fourth-order valence-corrected chi connectivity index (χ4v) is 6.57. The minimum Gasteiger partial charge on any atom is -0.381 e. The maximum atomic E-state index is 14.9. The standard InChI is InChI=1S/C29H33ClF2N4O2/c30-20-11-18-12-27(34-28(18)26(13-20)33-22-5-9-38-10-6-22)29(37)36-16-19(15-35-7-1-2-8-35)24(17-36)23-4-3-21(31)14-25(23)32/h3-4,11-14,19,22,24,33-34H,1-2,5-10,15-17H2/t19-,24-/m1/s1. The highest BCUT2D eigenvalue weighted by Crippen LogP contribution is 2.37. The first-order valence-corrected chi connectivity index (χ1v) is 14.0. The van der Waals surface area contributed by atoms with Gasteiger partial charge in [-0.25, -0.2) is 8.78 Å². The molecule has 0 unspecified atom stereocenters. The van der Waals surface area contributed by atoms with E-state index in [1.54, 1.807) is 6.07 Å². The lowest BCUT2D eigenvalue weighted by atomic mass is 9.88. The Morgan fingerprint density at radius 1 is 1.08 bits per heavy atom. The Labute approximate surface area is 226 Å². The van der Waals surface area contributed by atoms with Crippen LogP contribution in [0.1, 0.15) is 47.7 Å². The SMILES string of the molecule is O=C(c1cc2cc(Cl)cc(NC3CCOCC3)c2[nH]1)N1C[C@@H](CN2CCCC2)[C@H](c2ccc(F)cc2F)C1. The minimum atomic E-state index is -0.588. The molecule has 6 nitrogen and oxygen atoms in total. The summed E-state index contributed by atoms with van der Waals surface area (Å²) in [6, 6.07) is 9.67. The topological polar surface area (TPSA) is 60.6 Å². The molecule has 202 valence electrons. The monoisotopic (exact) mass is 542 g/mol. The lowest BCUT2D eigenvalue weighted by Gasteiger charge is -2.24. The number of hydrogen-bond donors (Lipinski definition) is 2. The van der Waals surface area contributed by atoms with Crippen molar-refractivity contribution in [2.45, 2.75) is 37.6 Å². The number of hydrogen-bond acceptors (Lipinski definition) is 4. The van der Waals surface area contributed by atoms with Gasteiger partial charge < -0.3 is 24.8 Å². The summed E-state index contributed by atoms with van der Waals surface area (Å²) in [5.41, 5.74) is 2.69. The fraction of sp³-hybridized carbons (Fsp3) is 0.483. The van der Waals surface area contributed by atoms with Crippen molar-refractivity contribution in [3.05, 3.63) is 64.3 Å². The van der Waals surface area contributed by atoms with Crippen molar-refractivity contribution in [2.75, 3.05) is 51.3 Å². The van der Waals surface area contributed by atoms with Gasteiger partial charge in [0.1, 0.15) is 17.3 Å². The molecule has 0 bridgehead atoms. The van der Waals surface area contributed by atoms with Crippen LogP contribution in [0.2, 0.25) is 5.02 Å². The van der Waals surface area contributed by atoms with Gasteiger partial charge in [-0.1, -0.05) is 17.7 Å². The Balaban J connectivity index is 1.26. The molecule has 3 aliphatic heterocycles. The summed E-state index contributed by atoms with van der Waals surface area (Å²) in [6.07, 6.45) is 4.14. The van der Waals surface area contributed by atoms with Gasteiger partial charge in [-0.2, -0.15) is 0 Å². The summed E-state index contributed by atoms with van der Waals surface area (Å²) < 4.78 is 34.0. The molecule has 0 aliphatic carbocycles. The molecule has 3 aromatic rings. The van der Waals surface area contributed by atoms with Gasteiger partial charge in [0, 0.05) is 61.3 Å². The molecule has 2 N–H and O–H groups in total. The zero-order chi connectivity index (χ0) is 26.2. The van der Waals surface area contributed by atoms with E-state index < -0.39 is 11.6 Å². The van der Waals surface area contributed by atoms with Gasteiger partial charge in [0.25, 0.3) is 5.91 Å².